The van der Waals surface area contributed by atoms with Crippen molar-refractivity contribution in [3.05, 3.63) is 76.1 Å². The number of hydrogen-bond donors (Lipinski definition) is 10. The number of nitrogens with two attached hydrogens (primary N) is 7. The summed E-state index contributed by atoms with van der Waals surface area (Å²) in [6, 6.07) is 2.65. The monoisotopic (exact) mass is 1390 g/mol. The van der Waals surface area contributed by atoms with Gasteiger partial charge in [0.25, 0.3) is 7.82 Å². The Balaban J connectivity index is 0.00000278. The van der Waals surface area contributed by atoms with E-state index in [-0.39, 0.29) is 94.0 Å². The Hall–Kier alpha value is -6.53. The zero-order chi connectivity index (χ0) is 70.1. The van der Waals surface area contributed by atoms with E-state index >= 15 is 0 Å². The summed E-state index contributed by atoms with van der Waals surface area (Å²) in [7, 11) is -5.32. The van der Waals surface area contributed by atoms with Crippen molar-refractivity contribution < 1.29 is 83.8 Å². The van der Waals surface area contributed by atoms with Crippen LogP contribution in [0.15, 0.2) is 67.8 Å². The second-order valence-corrected chi connectivity index (χ2v) is 28.9. The molecule has 7 amide bonds. The first kappa shape index (κ1) is 77.5. The van der Waals surface area contributed by atoms with Gasteiger partial charge in [0.05, 0.1) is 41.3 Å². The fourth-order valence-electron chi connectivity index (χ4n) is 15.3. The van der Waals surface area contributed by atoms with Gasteiger partial charge in [-0.3, -0.25) is 53.1 Å². The van der Waals surface area contributed by atoms with E-state index < -0.39 is 143 Å². The number of ether oxygens (including phenoxy) is 1. The van der Waals surface area contributed by atoms with Crippen LogP contribution in [0.3, 0.4) is 0 Å². The second kappa shape index (κ2) is 30.1. The van der Waals surface area contributed by atoms with Gasteiger partial charge in [-0.1, -0.05) is 40.7 Å². The quantitative estimate of drug-likeness (QED) is 0.0452. The van der Waals surface area contributed by atoms with Gasteiger partial charge >= 0.3 is 16.8 Å². The number of aryl methyl sites for hydroxylation is 2. The Morgan fingerprint density at radius 3 is 1.95 bits per heavy atom. The van der Waals surface area contributed by atoms with E-state index in [4.69, 9.17) is 74.2 Å². The Labute approximate surface area is 565 Å². The summed E-state index contributed by atoms with van der Waals surface area (Å²) in [6.45, 7) is 23.2. The van der Waals surface area contributed by atoms with E-state index in [1.807, 2.05) is 80.5 Å². The fourth-order valence-corrected chi connectivity index (χ4v) is 16.4. The topological polar surface area (TPSA) is 491 Å². The van der Waals surface area contributed by atoms with Crippen LogP contribution in [0.1, 0.15) is 157 Å². The summed E-state index contributed by atoms with van der Waals surface area (Å²) in [5.41, 5.74) is 41.6. The van der Waals surface area contributed by atoms with Crippen LogP contribution in [0.25, 0.3) is 16.4 Å². The third kappa shape index (κ3) is 15.7. The number of aliphatic hydroxyl groups excluding tert-OH is 2. The van der Waals surface area contributed by atoms with Crippen molar-refractivity contribution in [1.29, 1.82) is 0 Å². The maximum absolute atomic E-state index is 14.4. The van der Waals surface area contributed by atoms with Gasteiger partial charge in [0.15, 0.2) is 6.23 Å². The number of carbonyl (C=O) groups excluding carboxylic acids is 7. The zero-order valence-corrected chi connectivity index (χ0v) is 58.1. The standard InChI is InChI=1S/C62H90N13O14P.C3H8N.Co/c1-29-20-39-40(21-30(29)2)75(28-70-39)57-52(84)53(41(27-76)87-57)89-90(85,86)88-31(3)26-69-49(83)18-19-59(8)37(22-46(66)80)56-62(11)61(10,25-48(68)82)36(14-17-45(65)79)51(74-62)33(5)55-60(9,24-47(67)81)34(12-15-43(63)77)38(71-55)23-42-58(6,7)35(13-16-44(64)78)50(72-42)32(4)54(59)73-56;1-2-3-4;/h20-21,23,28,31,34-37,41,52-53,56-57,76,84H,12-19,22,24-27H2,1-11H3,(H15,63,64,65,66,67,68,69,71,72,73,74,77,78,79,80,81,82,83,85,86);1-4H2;/q;-1;+3/p-2. The van der Waals surface area contributed by atoms with E-state index in [2.05, 4.69) is 17.2 Å². The molecule has 8 rings (SSSR count). The van der Waals surface area contributed by atoms with Gasteiger partial charge in [0, 0.05) is 108 Å². The Bertz CT molecular complexity index is 3580. The summed E-state index contributed by atoms with van der Waals surface area (Å²) in [6.07, 6.45) is -3.94. The molecule has 0 radical (unpaired) electrons. The van der Waals surface area contributed by atoms with Gasteiger partial charge < -0.3 is 91.2 Å². The first-order chi connectivity index (χ1) is 43.7. The van der Waals surface area contributed by atoms with Gasteiger partial charge in [-0.05, 0) is 126 Å². The molecule has 1 aromatic heterocycles. The van der Waals surface area contributed by atoms with Crippen molar-refractivity contribution in [2.45, 2.75) is 195 Å². The number of nitrogens with zero attached hydrogens (tertiary/aromatic N) is 6. The average Bonchev–Trinajstić information content (AvgIpc) is 1.52. The number of phosphoric acid groups is 1. The first-order valence-electron chi connectivity index (χ1n) is 31.9. The number of primary amides is 6. The normalized spacial score (nSPS) is 32.7. The number of aliphatic hydroxyl groups is 2. The summed E-state index contributed by atoms with van der Waals surface area (Å²) in [5, 5.41) is 30.1. The molecule has 95 heavy (non-hydrogen) atoms. The number of imidazole rings is 1. The number of benzene rings is 1. The number of rotatable bonds is 27. The van der Waals surface area contributed by atoms with Crippen molar-refractivity contribution in [1.82, 2.24) is 14.9 Å². The van der Waals surface area contributed by atoms with Crippen LogP contribution in [-0.4, -0.2) is 134 Å². The smallest absolute Gasteiger partial charge is 0.756 e. The van der Waals surface area contributed by atoms with Crippen LogP contribution in [0.4, 0.5) is 0 Å². The average molecular weight is 1390 g/mol. The number of hydrogen-bond acceptors (Lipinski definition) is 19. The number of fused-ring (bicyclic) bond motifs is 7. The molecule has 2 saturated heterocycles. The van der Waals surface area contributed by atoms with Crippen LogP contribution < -0.4 is 50.3 Å². The summed E-state index contributed by atoms with van der Waals surface area (Å²) in [5.74, 6) is -7.40. The predicted molar refractivity (Wildman–Crippen MR) is 351 cm³/mol. The fraction of sp³-hybridized carbons (Fsp3) is 0.631. The molecule has 2 aromatic rings. The number of aromatic nitrogens is 2. The number of phosphoric ester groups is 1. The SMILES string of the molecule is C/C1=C2N=C(/C=C3N=C(/C(C)=C4\[N-]C(C(CC(N)=O)C4(C)CCC(=O)NCC(C)OP(=O)([O-])OC4C(CO)OC(n5cnc6cc(C)c(C)cc65)C4O)C4(C)N=C1C(CCC(N)=O)C4(C)CC(N)=O)C(CCC(N)=O)C\3(C)C)C(CCC(N)=O)C/2(C)CC(N)=O.[CH2-]CCN.[Co+3]. The molecule has 28 nitrogen and oxygen atoms in total. The molecule has 524 valence electrons. The number of aliphatic imine (C=N–C) groups is 3. The number of carbonyl (C=O) groups is 7. The van der Waals surface area contributed by atoms with Gasteiger partial charge in [0.2, 0.25) is 41.4 Å². The van der Waals surface area contributed by atoms with Gasteiger partial charge in [-0.2, -0.15) is 12.1 Å². The molecule has 30 heteroatoms. The molecule has 0 spiro atoms. The summed E-state index contributed by atoms with van der Waals surface area (Å²) < 4.78 is 31.9. The first-order valence-corrected chi connectivity index (χ1v) is 33.4. The Morgan fingerprint density at radius 2 is 1.39 bits per heavy atom. The number of nitrogens with one attached hydrogen (secondary N) is 1. The van der Waals surface area contributed by atoms with Crippen molar-refractivity contribution in [2.75, 3.05) is 19.7 Å². The molecule has 7 heterocycles. The van der Waals surface area contributed by atoms with Gasteiger partial charge in [0.1, 0.15) is 18.3 Å². The predicted octanol–water partition coefficient (Wildman–Crippen LogP) is 3.48. The van der Waals surface area contributed by atoms with Crippen LogP contribution >= 0.6 is 7.82 Å². The third-order valence-electron chi connectivity index (χ3n) is 20.7. The Kier molecular flexibility index (Phi) is 24.5. The number of allylic oxidation sites excluding steroid dienone is 6. The van der Waals surface area contributed by atoms with E-state index in [0.29, 0.717) is 63.0 Å². The maximum Gasteiger partial charge on any atom is 3.00 e. The molecule has 8 bridgehead atoms. The molecule has 6 aliphatic rings. The van der Waals surface area contributed by atoms with Crippen LogP contribution in [0.5, 0.6) is 0 Å². The molecule has 17 N–H and O–H groups in total. The minimum absolute atomic E-state index is 0. The van der Waals surface area contributed by atoms with E-state index in [1.54, 1.807) is 6.92 Å². The molecule has 2 fully saturated rings. The molecular formula is C65H96CoN14O14P. The third-order valence-corrected chi connectivity index (χ3v) is 21.8. The van der Waals surface area contributed by atoms with E-state index in [9.17, 15) is 53.2 Å². The zero-order valence-electron chi connectivity index (χ0n) is 56.2. The van der Waals surface area contributed by atoms with Crippen molar-refractivity contribution in [2.24, 2.45) is 100 Å². The van der Waals surface area contributed by atoms with Crippen molar-refractivity contribution >= 4 is 77.3 Å². The van der Waals surface area contributed by atoms with Crippen LogP contribution in [0.2, 0.25) is 0 Å². The minimum atomic E-state index is -5.32. The van der Waals surface area contributed by atoms with Crippen molar-refractivity contribution in [3.63, 3.8) is 0 Å². The summed E-state index contributed by atoms with van der Waals surface area (Å²) >= 11 is 0. The molecule has 15 unspecified atom stereocenters. The number of amides is 7. The molecule has 1 aromatic carbocycles. The Morgan fingerprint density at radius 1 is 0.811 bits per heavy atom. The van der Waals surface area contributed by atoms with Crippen LogP contribution in [0, 0.1) is 66.1 Å². The minimum Gasteiger partial charge on any atom is -0.756 e. The largest absolute Gasteiger partial charge is 3.00 e. The van der Waals surface area contributed by atoms with Gasteiger partial charge in [-0.25, -0.2) is 4.98 Å². The molecule has 0 saturated carbocycles. The molecule has 0 aliphatic carbocycles. The second-order valence-electron chi connectivity index (χ2n) is 27.6. The van der Waals surface area contributed by atoms with E-state index in [0.717, 1.165) is 17.5 Å². The van der Waals surface area contributed by atoms with Crippen molar-refractivity contribution in [3.8, 4) is 0 Å². The molecular weight excluding hydrogens is 1290 g/mol. The van der Waals surface area contributed by atoms with Gasteiger partial charge in [-0.15, -0.1) is 0 Å². The molecule has 15 atom stereocenters. The molecule has 6 aliphatic heterocycles. The summed E-state index contributed by atoms with van der Waals surface area (Å²) in [4.78, 5) is 128. The maximum atomic E-state index is 14.4. The van der Waals surface area contributed by atoms with E-state index in [1.165, 1.54) is 17.8 Å². The van der Waals surface area contributed by atoms with Crippen LogP contribution in [-0.2, 0) is 68.7 Å².